The van der Waals surface area contributed by atoms with Gasteiger partial charge in [0.15, 0.2) is 0 Å². The molecule has 29 heavy (non-hydrogen) atoms. The summed E-state index contributed by atoms with van der Waals surface area (Å²) in [5.41, 5.74) is 5.32. The van der Waals surface area contributed by atoms with E-state index in [1.165, 1.54) is 23.1 Å². The predicted molar refractivity (Wildman–Crippen MR) is 124 cm³/mol. The van der Waals surface area contributed by atoms with E-state index in [0.29, 0.717) is 5.92 Å². The Morgan fingerprint density at radius 2 is 2.17 bits per heavy atom. The zero-order valence-electron chi connectivity index (χ0n) is 18.0. The summed E-state index contributed by atoms with van der Waals surface area (Å²) >= 11 is 0. The number of rotatable bonds is 9. The van der Waals surface area contributed by atoms with Crippen molar-refractivity contribution in [2.75, 3.05) is 6.61 Å². The maximum absolute atomic E-state index is 6.03. The van der Waals surface area contributed by atoms with Crippen LogP contribution in [0.5, 0.6) is 5.75 Å². The van der Waals surface area contributed by atoms with Gasteiger partial charge in [-0.3, -0.25) is 0 Å². The van der Waals surface area contributed by atoms with Crippen LogP contribution in [-0.2, 0) is 6.42 Å². The number of para-hydroxylation sites is 1. The molecular formula is C27H35NO. The van der Waals surface area contributed by atoms with Crippen LogP contribution in [0.25, 0.3) is 0 Å². The molecule has 3 rings (SSSR count). The Balaban J connectivity index is 1.39. The lowest BCUT2D eigenvalue weighted by Crippen LogP contribution is -2.25. The standard InChI is InChI=1S/C27H35NO/c1-4-5-9-21(2)10-8-11-23-15-17-26(19-23)28-22(3)18-24-14-16-25-12-6-7-13-27(25)29-20-24/h4-7,9,12-13,15,17,19,24,26,28H,3,8,10-11,14,16,18,20H2,1-2H3/b5-4-,21-9+. The van der Waals surface area contributed by atoms with Crippen LogP contribution >= 0.6 is 0 Å². The van der Waals surface area contributed by atoms with E-state index in [-0.39, 0.29) is 6.04 Å². The molecule has 1 N–H and O–H groups in total. The third-order valence-corrected chi connectivity index (χ3v) is 5.70. The molecule has 2 aliphatic rings. The fraction of sp³-hybridized carbons (Fsp3) is 0.407. The molecule has 2 nitrogen and oxygen atoms in total. The third-order valence-electron chi connectivity index (χ3n) is 5.70. The topological polar surface area (TPSA) is 21.3 Å². The summed E-state index contributed by atoms with van der Waals surface area (Å²) < 4.78 is 6.03. The van der Waals surface area contributed by atoms with Crippen molar-refractivity contribution >= 4 is 0 Å². The largest absolute Gasteiger partial charge is 0.493 e. The fourth-order valence-corrected chi connectivity index (χ4v) is 4.05. The van der Waals surface area contributed by atoms with Crippen LogP contribution in [-0.4, -0.2) is 12.6 Å². The van der Waals surface area contributed by atoms with Crippen molar-refractivity contribution in [3.63, 3.8) is 0 Å². The van der Waals surface area contributed by atoms with Crippen LogP contribution in [0, 0.1) is 5.92 Å². The van der Waals surface area contributed by atoms with Gasteiger partial charge in [-0.05, 0) is 75.5 Å². The van der Waals surface area contributed by atoms with Gasteiger partial charge in [0.05, 0.1) is 12.6 Å². The van der Waals surface area contributed by atoms with Crippen molar-refractivity contribution in [1.82, 2.24) is 5.32 Å². The van der Waals surface area contributed by atoms with Crippen molar-refractivity contribution in [1.29, 1.82) is 0 Å². The Morgan fingerprint density at radius 3 is 3.03 bits per heavy atom. The first-order chi connectivity index (χ1) is 14.1. The minimum Gasteiger partial charge on any atom is -0.493 e. The SMILES string of the molecule is C=C(CC1CCc2ccccc2OC1)NC1C=CC(CCC/C(C)=C/C=C\C)=C1. The molecule has 0 bridgehead atoms. The molecule has 0 saturated carbocycles. The first kappa shape index (κ1) is 21.2. The number of ether oxygens (including phenoxy) is 1. The summed E-state index contributed by atoms with van der Waals surface area (Å²) in [7, 11) is 0. The Bertz CT molecular complexity index is 785. The highest BCUT2D eigenvalue weighted by molar-refractivity contribution is 5.34. The number of hydrogen-bond donors (Lipinski definition) is 1. The maximum atomic E-state index is 6.03. The molecule has 1 aromatic rings. The van der Waals surface area contributed by atoms with E-state index in [1.54, 1.807) is 0 Å². The van der Waals surface area contributed by atoms with E-state index in [4.69, 9.17) is 4.74 Å². The van der Waals surface area contributed by atoms with Gasteiger partial charge < -0.3 is 10.1 Å². The summed E-state index contributed by atoms with van der Waals surface area (Å²) in [5.74, 6) is 1.57. The summed E-state index contributed by atoms with van der Waals surface area (Å²) in [6, 6.07) is 8.69. The molecule has 2 heteroatoms. The van der Waals surface area contributed by atoms with Gasteiger partial charge >= 0.3 is 0 Å². The number of hydrogen-bond acceptors (Lipinski definition) is 2. The van der Waals surface area contributed by atoms with Crippen molar-refractivity contribution in [2.24, 2.45) is 5.92 Å². The number of nitrogens with one attached hydrogen (secondary N) is 1. The zero-order valence-corrected chi connectivity index (χ0v) is 18.0. The number of fused-ring (bicyclic) bond motifs is 1. The highest BCUT2D eigenvalue weighted by atomic mass is 16.5. The van der Waals surface area contributed by atoms with E-state index in [0.717, 1.165) is 50.2 Å². The van der Waals surface area contributed by atoms with Crippen LogP contribution < -0.4 is 10.1 Å². The lowest BCUT2D eigenvalue weighted by molar-refractivity contribution is 0.250. The molecule has 0 radical (unpaired) electrons. The van der Waals surface area contributed by atoms with E-state index in [1.807, 2.05) is 0 Å². The first-order valence-electron chi connectivity index (χ1n) is 11.0. The van der Waals surface area contributed by atoms with Crippen LogP contribution in [0.15, 0.2) is 84.1 Å². The second-order valence-electron chi connectivity index (χ2n) is 8.29. The van der Waals surface area contributed by atoms with Gasteiger partial charge in [0.1, 0.15) is 5.75 Å². The van der Waals surface area contributed by atoms with Gasteiger partial charge in [-0.1, -0.05) is 66.8 Å². The smallest absolute Gasteiger partial charge is 0.122 e. The second-order valence-corrected chi connectivity index (χ2v) is 8.29. The van der Waals surface area contributed by atoms with Gasteiger partial charge in [0, 0.05) is 5.70 Å². The van der Waals surface area contributed by atoms with Gasteiger partial charge in [-0.2, -0.15) is 0 Å². The Labute approximate surface area is 176 Å². The van der Waals surface area contributed by atoms with Gasteiger partial charge in [-0.25, -0.2) is 0 Å². The molecule has 0 aromatic heterocycles. The molecule has 0 fully saturated rings. The third kappa shape index (κ3) is 6.81. The molecule has 1 heterocycles. The quantitative estimate of drug-likeness (QED) is 0.476. The number of allylic oxidation sites excluding steroid dienone is 7. The lowest BCUT2D eigenvalue weighted by atomic mass is 9.96. The molecule has 2 atom stereocenters. The normalized spacial score (nSPS) is 21.4. The van der Waals surface area contributed by atoms with Crippen molar-refractivity contribution in [3.8, 4) is 5.75 Å². The van der Waals surface area contributed by atoms with Crippen molar-refractivity contribution in [3.05, 3.63) is 89.7 Å². The van der Waals surface area contributed by atoms with Gasteiger partial charge in [0.25, 0.3) is 0 Å². The van der Waals surface area contributed by atoms with Gasteiger partial charge in [-0.15, -0.1) is 0 Å². The van der Waals surface area contributed by atoms with Crippen LogP contribution in [0.2, 0.25) is 0 Å². The molecule has 0 saturated heterocycles. The van der Waals surface area contributed by atoms with E-state index >= 15 is 0 Å². The maximum Gasteiger partial charge on any atom is 0.122 e. The molecule has 1 aliphatic heterocycles. The van der Waals surface area contributed by atoms with Crippen molar-refractivity contribution in [2.45, 2.75) is 58.4 Å². The molecule has 0 amide bonds. The Kier molecular flexibility index (Phi) is 7.98. The summed E-state index contributed by atoms with van der Waals surface area (Å²) in [6.45, 7) is 9.33. The summed E-state index contributed by atoms with van der Waals surface area (Å²) in [5, 5.41) is 3.59. The van der Waals surface area contributed by atoms with E-state index in [9.17, 15) is 0 Å². The lowest BCUT2D eigenvalue weighted by Gasteiger charge is -2.19. The van der Waals surface area contributed by atoms with Crippen LogP contribution in [0.3, 0.4) is 0 Å². The Morgan fingerprint density at radius 1 is 1.31 bits per heavy atom. The molecule has 1 aliphatic carbocycles. The minimum atomic E-state index is 0.279. The minimum absolute atomic E-state index is 0.279. The fourth-order valence-electron chi connectivity index (χ4n) is 4.05. The monoisotopic (exact) mass is 389 g/mol. The molecule has 154 valence electrons. The highest BCUT2D eigenvalue weighted by Crippen LogP contribution is 2.28. The predicted octanol–water partition coefficient (Wildman–Crippen LogP) is 6.68. The average molecular weight is 390 g/mol. The second kappa shape index (κ2) is 10.9. The van der Waals surface area contributed by atoms with Crippen LogP contribution in [0.1, 0.15) is 51.5 Å². The Hall–Kier alpha value is -2.48. The van der Waals surface area contributed by atoms with E-state index in [2.05, 4.69) is 86.5 Å². The summed E-state index contributed by atoms with van der Waals surface area (Å²) in [6.07, 6.45) is 20.0. The molecule has 2 unspecified atom stereocenters. The van der Waals surface area contributed by atoms with Gasteiger partial charge in [0.2, 0.25) is 0 Å². The number of aryl methyl sites for hydroxylation is 1. The van der Waals surface area contributed by atoms with E-state index < -0.39 is 0 Å². The molecule has 0 spiro atoms. The highest BCUT2D eigenvalue weighted by Gasteiger charge is 2.19. The molecular weight excluding hydrogens is 354 g/mol. The average Bonchev–Trinajstić information content (AvgIpc) is 3.05. The first-order valence-corrected chi connectivity index (χ1v) is 11.0. The van der Waals surface area contributed by atoms with Crippen molar-refractivity contribution < 1.29 is 4.74 Å². The number of benzene rings is 1. The molecule has 1 aromatic carbocycles. The summed E-state index contributed by atoms with van der Waals surface area (Å²) in [4.78, 5) is 0. The zero-order chi connectivity index (χ0) is 20.5. The van der Waals surface area contributed by atoms with Crippen LogP contribution in [0.4, 0.5) is 0 Å².